The largest absolute Gasteiger partial charge is 0.441 e. The number of aryl methyl sites for hydroxylation is 1. The summed E-state index contributed by atoms with van der Waals surface area (Å²) in [6, 6.07) is 0. The molecule has 0 saturated heterocycles. The standard InChI is InChI=1S/C11H14N2O/c1-4-7(2)9-5-12-6-10-11(9)14-8(3)13-10/h5-7H,4H2,1-3H3. The van der Waals surface area contributed by atoms with Gasteiger partial charge in [-0.15, -0.1) is 0 Å². The maximum atomic E-state index is 5.57. The Hall–Kier alpha value is -1.38. The first-order valence-corrected chi connectivity index (χ1v) is 4.93. The fraction of sp³-hybridized carbons (Fsp3) is 0.455. The zero-order chi connectivity index (χ0) is 10.1. The van der Waals surface area contributed by atoms with Gasteiger partial charge in [-0.25, -0.2) is 4.98 Å². The Morgan fingerprint density at radius 2 is 2.21 bits per heavy atom. The lowest BCUT2D eigenvalue weighted by Gasteiger charge is -2.07. The van der Waals surface area contributed by atoms with Crippen LogP contribution in [0.25, 0.3) is 11.1 Å². The number of oxazole rings is 1. The Balaban J connectivity index is 2.64. The SMILES string of the molecule is CCC(C)c1cncc2nc(C)oc12. The highest BCUT2D eigenvalue weighted by molar-refractivity contribution is 5.75. The van der Waals surface area contributed by atoms with E-state index in [1.165, 1.54) is 0 Å². The third kappa shape index (κ3) is 1.39. The van der Waals surface area contributed by atoms with Crippen molar-refractivity contribution in [2.75, 3.05) is 0 Å². The van der Waals surface area contributed by atoms with Crippen molar-refractivity contribution in [2.45, 2.75) is 33.1 Å². The van der Waals surface area contributed by atoms with Gasteiger partial charge in [0.1, 0.15) is 5.52 Å². The van der Waals surface area contributed by atoms with Crippen molar-refractivity contribution in [3.63, 3.8) is 0 Å². The van der Waals surface area contributed by atoms with Gasteiger partial charge in [-0.3, -0.25) is 4.98 Å². The summed E-state index contributed by atoms with van der Waals surface area (Å²) in [6.07, 6.45) is 4.71. The van der Waals surface area contributed by atoms with Crippen LogP contribution in [-0.2, 0) is 0 Å². The topological polar surface area (TPSA) is 38.9 Å². The second-order valence-corrected chi connectivity index (χ2v) is 3.62. The number of fused-ring (bicyclic) bond motifs is 1. The van der Waals surface area contributed by atoms with E-state index in [1.54, 1.807) is 6.20 Å². The maximum Gasteiger partial charge on any atom is 0.192 e. The molecule has 1 atom stereocenters. The number of nitrogens with zero attached hydrogens (tertiary/aromatic N) is 2. The molecular weight excluding hydrogens is 176 g/mol. The highest BCUT2D eigenvalue weighted by Crippen LogP contribution is 2.26. The van der Waals surface area contributed by atoms with E-state index in [9.17, 15) is 0 Å². The highest BCUT2D eigenvalue weighted by atomic mass is 16.3. The Labute approximate surface area is 83.2 Å². The van der Waals surface area contributed by atoms with Gasteiger partial charge in [0.25, 0.3) is 0 Å². The summed E-state index contributed by atoms with van der Waals surface area (Å²) in [6.45, 7) is 6.20. The zero-order valence-electron chi connectivity index (χ0n) is 8.74. The molecule has 74 valence electrons. The van der Waals surface area contributed by atoms with Gasteiger partial charge in [0, 0.05) is 18.7 Å². The Bertz CT molecular complexity index is 447. The molecule has 0 aliphatic rings. The molecule has 0 bridgehead atoms. The van der Waals surface area contributed by atoms with Crippen LogP contribution in [-0.4, -0.2) is 9.97 Å². The predicted octanol–water partition coefficient (Wildman–Crippen LogP) is 3.04. The number of aromatic nitrogens is 2. The Morgan fingerprint density at radius 1 is 1.43 bits per heavy atom. The van der Waals surface area contributed by atoms with Crippen LogP contribution in [0.5, 0.6) is 0 Å². The first-order valence-electron chi connectivity index (χ1n) is 4.93. The van der Waals surface area contributed by atoms with Gasteiger partial charge in [0.05, 0.1) is 6.20 Å². The minimum Gasteiger partial charge on any atom is -0.441 e. The Morgan fingerprint density at radius 3 is 2.93 bits per heavy atom. The van der Waals surface area contributed by atoms with Crippen molar-refractivity contribution in [2.24, 2.45) is 0 Å². The summed E-state index contributed by atoms with van der Waals surface area (Å²) < 4.78 is 5.57. The van der Waals surface area contributed by atoms with Crippen LogP contribution < -0.4 is 0 Å². The molecule has 0 saturated carbocycles. The minimum absolute atomic E-state index is 0.471. The Kier molecular flexibility index (Phi) is 2.23. The summed E-state index contributed by atoms with van der Waals surface area (Å²) in [7, 11) is 0. The van der Waals surface area contributed by atoms with Crippen molar-refractivity contribution in [3.05, 3.63) is 23.8 Å². The van der Waals surface area contributed by atoms with Crippen molar-refractivity contribution in [1.29, 1.82) is 0 Å². The summed E-state index contributed by atoms with van der Waals surface area (Å²) in [5.41, 5.74) is 2.91. The third-order valence-corrected chi connectivity index (χ3v) is 2.58. The van der Waals surface area contributed by atoms with E-state index in [-0.39, 0.29) is 0 Å². The summed E-state index contributed by atoms with van der Waals surface area (Å²) in [4.78, 5) is 8.43. The normalized spacial score (nSPS) is 13.4. The van der Waals surface area contributed by atoms with Gasteiger partial charge in [-0.2, -0.15) is 0 Å². The lowest BCUT2D eigenvalue weighted by atomic mass is 10.00. The lowest BCUT2D eigenvalue weighted by Crippen LogP contribution is -1.92. The number of pyridine rings is 1. The van der Waals surface area contributed by atoms with Gasteiger partial charge in [-0.05, 0) is 12.3 Å². The van der Waals surface area contributed by atoms with Gasteiger partial charge in [0.2, 0.25) is 0 Å². The third-order valence-electron chi connectivity index (χ3n) is 2.58. The monoisotopic (exact) mass is 190 g/mol. The zero-order valence-corrected chi connectivity index (χ0v) is 8.74. The molecule has 2 aromatic rings. The molecule has 0 aliphatic carbocycles. The molecule has 1 unspecified atom stereocenters. The maximum absolute atomic E-state index is 5.57. The molecule has 2 heterocycles. The number of rotatable bonds is 2. The van der Waals surface area contributed by atoms with Gasteiger partial charge < -0.3 is 4.42 Å². The first kappa shape index (κ1) is 9.19. The van der Waals surface area contributed by atoms with Crippen LogP contribution in [0.3, 0.4) is 0 Å². The van der Waals surface area contributed by atoms with E-state index in [1.807, 2.05) is 13.1 Å². The fourth-order valence-electron chi connectivity index (χ4n) is 1.56. The van der Waals surface area contributed by atoms with E-state index < -0.39 is 0 Å². The van der Waals surface area contributed by atoms with E-state index in [2.05, 4.69) is 23.8 Å². The van der Waals surface area contributed by atoms with Crippen molar-refractivity contribution >= 4 is 11.1 Å². The highest BCUT2D eigenvalue weighted by Gasteiger charge is 2.12. The molecule has 0 N–H and O–H groups in total. The van der Waals surface area contributed by atoms with Crippen molar-refractivity contribution < 1.29 is 4.42 Å². The first-order chi connectivity index (χ1) is 6.72. The summed E-state index contributed by atoms with van der Waals surface area (Å²) >= 11 is 0. The van der Waals surface area contributed by atoms with E-state index in [4.69, 9.17) is 4.42 Å². The minimum atomic E-state index is 0.471. The average Bonchev–Trinajstić information content (AvgIpc) is 2.56. The van der Waals surface area contributed by atoms with Crippen molar-refractivity contribution in [1.82, 2.24) is 9.97 Å². The fourth-order valence-corrected chi connectivity index (χ4v) is 1.56. The molecule has 14 heavy (non-hydrogen) atoms. The molecule has 3 nitrogen and oxygen atoms in total. The van der Waals surface area contributed by atoms with E-state index in [0.29, 0.717) is 11.8 Å². The van der Waals surface area contributed by atoms with Crippen molar-refractivity contribution in [3.8, 4) is 0 Å². The molecule has 2 rings (SSSR count). The van der Waals surface area contributed by atoms with Gasteiger partial charge in [0.15, 0.2) is 11.5 Å². The molecule has 0 aromatic carbocycles. The molecule has 0 radical (unpaired) electrons. The second kappa shape index (κ2) is 3.40. The molecular formula is C11H14N2O. The molecule has 0 amide bonds. The predicted molar refractivity (Wildman–Crippen MR) is 55.2 cm³/mol. The van der Waals surface area contributed by atoms with Crippen LogP contribution in [0.4, 0.5) is 0 Å². The molecule has 0 aliphatic heterocycles. The van der Waals surface area contributed by atoms with Crippen LogP contribution in [0.2, 0.25) is 0 Å². The van der Waals surface area contributed by atoms with Crippen LogP contribution in [0.15, 0.2) is 16.8 Å². The molecule has 0 spiro atoms. The van der Waals surface area contributed by atoms with Crippen LogP contribution in [0.1, 0.15) is 37.6 Å². The quantitative estimate of drug-likeness (QED) is 0.730. The van der Waals surface area contributed by atoms with E-state index in [0.717, 1.165) is 23.1 Å². The lowest BCUT2D eigenvalue weighted by molar-refractivity contribution is 0.552. The summed E-state index contributed by atoms with van der Waals surface area (Å²) in [5.74, 6) is 1.18. The summed E-state index contributed by atoms with van der Waals surface area (Å²) in [5, 5.41) is 0. The van der Waals surface area contributed by atoms with Gasteiger partial charge >= 0.3 is 0 Å². The second-order valence-electron chi connectivity index (χ2n) is 3.62. The number of hydrogen-bond donors (Lipinski definition) is 0. The van der Waals surface area contributed by atoms with Crippen LogP contribution >= 0.6 is 0 Å². The number of hydrogen-bond acceptors (Lipinski definition) is 3. The average molecular weight is 190 g/mol. The molecule has 3 heteroatoms. The van der Waals surface area contributed by atoms with Gasteiger partial charge in [-0.1, -0.05) is 13.8 Å². The molecule has 0 fully saturated rings. The van der Waals surface area contributed by atoms with Crippen LogP contribution in [0, 0.1) is 6.92 Å². The van der Waals surface area contributed by atoms with E-state index >= 15 is 0 Å². The smallest absolute Gasteiger partial charge is 0.192 e. The molecule has 2 aromatic heterocycles.